The number of hydrogen-bond donors (Lipinski definition) is 0. The molecule has 3 rings (SSSR count). The lowest BCUT2D eigenvalue weighted by Crippen LogP contribution is -2.17. The number of ketones is 1. The molecule has 1 aromatic carbocycles. The zero-order valence-electron chi connectivity index (χ0n) is 15.6. The fraction of sp³-hybridized carbons (Fsp3) is 0.350. The van der Waals surface area contributed by atoms with E-state index in [1.54, 1.807) is 13.0 Å². The quantitative estimate of drug-likeness (QED) is 0.563. The number of hydrogen-bond acceptors (Lipinski definition) is 6. The standard InChI is InChI=1S/C20H20N2O5S/c1-13-9-18(14(2)22(13)17-7-8-28(25,26)12-17)19(23)11-27-20(24)16-5-3-15(10-21)4-6-16/h3-6,9,17H,7-8,11-12H2,1-2H3/t17-/m1/s1. The first-order valence-electron chi connectivity index (χ1n) is 8.81. The monoisotopic (exact) mass is 400 g/mol. The van der Waals surface area contributed by atoms with Gasteiger partial charge in [0.1, 0.15) is 0 Å². The molecule has 0 unspecified atom stereocenters. The average Bonchev–Trinajstić information content (AvgIpc) is 3.17. The van der Waals surface area contributed by atoms with Gasteiger partial charge in [-0.3, -0.25) is 4.79 Å². The number of aromatic nitrogens is 1. The van der Waals surface area contributed by atoms with Gasteiger partial charge in [0.2, 0.25) is 5.78 Å². The van der Waals surface area contributed by atoms with E-state index in [4.69, 9.17) is 10.00 Å². The van der Waals surface area contributed by atoms with Crippen molar-refractivity contribution < 1.29 is 22.7 Å². The molecule has 2 aromatic rings. The van der Waals surface area contributed by atoms with Gasteiger partial charge in [-0.1, -0.05) is 0 Å². The van der Waals surface area contributed by atoms with Crippen LogP contribution < -0.4 is 0 Å². The number of rotatable bonds is 5. The molecule has 1 aliphatic heterocycles. The molecule has 0 saturated carbocycles. The SMILES string of the molecule is Cc1cc(C(=O)COC(=O)c2ccc(C#N)cc2)c(C)n1[C@@H]1CCS(=O)(=O)C1. The lowest BCUT2D eigenvalue weighted by Gasteiger charge is -2.16. The van der Waals surface area contributed by atoms with Crippen LogP contribution in [0.4, 0.5) is 0 Å². The molecule has 0 N–H and O–H groups in total. The average molecular weight is 400 g/mol. The summed E-state index contributed by atoms with van der Waals surface area (Å²) in [5, 5.41) is 8.78. The summed E-state index contributed by atoms with van der Waals surface area (Å²) in [6, 6.07) is 9.44. The molecule has 7 nitrogen and oxygen atoms in total. The molecule has 0 bridgehead atoms. The third kappa shape index (κ3) is 3.99. The molecule has 0 amide bonds. The van der Waals surface area contributed by atoms with Crippen LogP contribution in [-0.4, -0.2) is 42.9 Å². The van der Waals surface area contributed by atoms with Gasteiger partial charge in [0.05, 0.1) is 28.7 Å². The van der Waals surface area contributed by atoms with Crippen LogP contribution in [0, 0.1) is 25.2 Å². The minimum Gasteiger partial charge on any atom is -0.454 e. The Morgan fingerprint density at radius 2 is 1.93 bits per heavy atom. The third-order valence-electron chi connectivity index (χ3n) is 4.94. The number of carbonyl (C=O) groups is 2. The first-order valence-corrected chi connectivity index (χ1v) is 10.6. The van der Waals surface area contributed by atoms with Crippen molar-refractivity contribution in [1.29, 1.82) is 5.26 Å². The van der Waals surface area contributed by atoms with Gasteiger partial charge in [-0.2, -0.15) is 5.26 Å². The van der Waals surface area contributed by atoms with Crippen LogP contribution in [0.5, 0.6) is 0 Å². The Labute approximate surface area is 163 Å². The maximum Gasteiger partial charge on any atom is 0.338 e. The Hall–Kier alpha value is -2.92. The molecule has 1 aromatic heterocycles. The van der Waals surface area contributed by atoms with Crippen molar-refractivity contribution in [2.45, 2.75) is 26.3 Å². The van der Waals surface area contributed by atoms with E-state index in [-0.39, 0.29) is 28.9 Å². The molecule has 1 saturated heterocycles. The van der Waals surface area contributed by atoms with Gasteiger partial charge in [-0.25, -0.2) is 13.2 Å². The lowest BCUT2D eigenvalue weighted by atomic mass is 10.1. The number of nitrogens with zero attached hydrogens (tertiary/aromatic N) is 2. The highest BCUT2D eigenvalue weighted by Crippen LogP contribution is 2.29. The smallest absolute Gasteiger partial charge is 0.338 e. The van der Waals surface area contributed by atoms with Gasteiger partial charge in [0.15, 0.2) is 16.4 Å². The second-order valence-electron chi connectivity index (χ2n) is 6.90. The van der Waals surface area contributed by atoms with Crippen LogP contribution in [0.15, 0.2) is 30.3 Å². The summed E-state index contributed by atoms with van der Waals surface area (Å²) in [4.78, 5) is 24.6. The van der Waals surface area contributed by atoms with E-state index in [1.165, 1.54) is 24.3 Å². The van der Waals surface area contributed by atoms with Crippen molar-refractivity contribution in [3.63, 3.8) is 0 Å². The van der Waals surface area contributed by atoms with Crippen molar-refractivity contribution in [2.24, 2.45) is 0 Å². The van der Waals surface area contributed by atoms with E-state index in [1.807, 2.05) is 17.6 Å². The number of aryl methyl sites for hydroxylation is 1. The number of esters is 1. The lowest BCUT2D eigenvalue weighted by molar-refractivity contribution is 0.0474. The summed E-state index contributed by atoms with van der Waals surface area (Å²) in [7, 11) is -3.04. The summed E-state index contributed by atoms with van der Waals surface area (Å²) in [5.41, 5.74) is 2.59. The van der Waals surface area contributed by atoms with E-state index in [0.717, 1.165) is 5.69 Å². The van der Waals surface area contributed by atoms with E-state index in [9.17, 15) is 18.0 Å². The Morgan fingerprint density at radius 3 is 2.50 bits per heavy atom. The summed E-state index contributed by atoms with van der Waals surface area (Å²) in [6.45, 7) is 3.19. The van der Waals surface area contributed by atoms with Crippen LogP contribution in [0.2, 0.25) is 0 Å². The van der Waals surface area contributed by atoms with E-state index in [2.05, 4.69) is 0 Å². The van der Waals surface area contributed by atoms with Crippen molar-refractivity contribution in [2.75, 3.05) is 18.1 Å². The first-order chi connectivity index (χ1) is 13.2. The molecule has 0 radical (unpaired) electrons. The number of nitriles is 1. The van der Waals surface area contributed by atoms with Crippen molar-refractivity contribution in [3.05, 3.63) is 58.4 Å². The normalized spacial score (nSPS) is 17.8. The summed E-state index contributed by atoms with van der Waals surface area (Å²) >= 11 is 0. The second-order valence-corrected chi connectivity index (χ2v) is 9.13. The molecule has 28 heavy (non-hydrogen) atoms. The molecule has 1 fully saturated rings. The van der Waals surface area contributed by atoms with Gasteiger partial charge in [-0.05, 0) is 50.6 Å². The Balaban J connectivity index is 1.70. The van der Waals surface area contributed by atoms with Gasteiger partial charge < -0.3 is 9.30 Å². The fourth-order valence-corrected chi connectivity index (χ4v) is 5.27. The van der Waals surface area contributed by atoms with Crippen LogP contribution in [0.1, 0.15) is 50.1 Å². The van der Waals surface area contributed by atoms with Gasteiger partial charge >= 0.3 is 5.97 Å². The largest absolute Gasteiger partial charge is 0.454 e. The summed E-state index contributed by atoms with van der Waals surface area (Å²) < 4.78 is 30.5. The Morgan fingerprint density at radius 1 is 1.25 bits per heavy atom. The van der Waals surface area contributed by atoms with E-state index >= 15 is 0 Å². The maximum atomic E-state index is 12.6. The first kappa shape index (κ1) is 19.8. The minimum absolute atomic E-state index is 0.0741. The van der Waals surface area contributed by atoms with Gasteiger partial charge in [0, 0.05) is 23.0 Å². The van der Waals surface area contributed by atoms with Crippen LogP contribution in [-0.2, 0) is 14.6 Å². The number of benzene rings is 1. The fourth-order valence-electron chi connectivity index (χ4n) is 3.57. The topological polar surface area (TPSA) is 106 Å². The summed E-state index contributed by atoms with van der Waals surface area (Å²) in [6.07, 6.45) is 0.528. The molecule has 1 atom stereocenters. The predicted molar refractivity (Wildman–Crippen MR) is 102 cm³/mol. The molecular weight excluding hydrogens is 380 g/mol. The molecule has 2 heterocycles. The Bertz CT molecular complexity index is 1080. The van der Waals surface area contributed by atoms with Crippen LogP contribution >= 0.6 is 0 Å². The van der Waals surface area contributed by atoms with Crippen molar-refractivity contribution in [3.8, 4) is 6.07 Å². The highest BCUT2D eigenvalue weighted by atomic mass is 32.2. The van der Waals surface area contributed by atoms with Crippen LogP contribution in [0.3, 0.4) is 0 Å². The zero-order chi connectivity index (χ0) is 20.5. The van der Waals surface area contributed by atoms with Gasteiger partial charge in [0.25, 0.3) is 0 Å². The van der Waals surface area contributed by atoms with Crippen molar-refractivity contribution in [1.82, 2.24) is 4.57 Å². The third-order valence-corrected chi connectivity index (χ3v) is 6.69. The summed E-state index contributed by atoms with van der Waals surface area (Å²) in [5.74, 6) is -0.763. The van der Waals surface area contributed by atoms with Gasteiger partial charge in [-0.15, -0.1) is 0 Å². The molecule has 1 aliphatic rings. The molecule has 0 aliphatic carbocycles. The maximum absolute atomic E-state index is 12.6. The molecule has 8 heteroatoms. The zero-order valence-corrected chi connectivity index (χ0v) is 16.5. The molecule has 146 valence electrons. The highest BCUT2D eigenvalue weighted by molar-refractivity contribution is 7.91. The number of ether oxygens (including phenoxy) is 1. The molecule has 0 spiro atoms. The minimum atomic E-state index is -3.04. The second kappa shape index (κ2) is 7.60. The number of carbonyl (C=O) groups excluding carboxylic acids is 2. The number of sulfone groups is 1. The predicted octanol–water partition coefficient (Wildman–Crippen LogP) is 2.38. The Kier molecular flexibility index (Phi) is 5.38. The van der Waals surface area contributed by atoms with E-state index < -0.39 is 22.4 Å². The van der Waals surface area contributed by atoms with Crippen LogP contribution in [0.25, 0.3) is 0 Å². The number of Topliss-reactive ketones (excluding diaryl/α,β-unsaturated/α-hetero) is 1. The molecular formula is C20H20N2O5S. The highest BCUT2D eigenvalue weighted by Gasteiger charge is 2.31. The van der Waals surface area contributed by atoms with Crippen molar-refractivity contribution >= 4 is 21.6 Å². The van der Waals surface area contributed by atoms with E-state index in [0.29, 0.717) is 23.2 Å².